The van der Waals surface area contributed by atoms with Crippen molar-refractivity contribution in [3.05, 3.63) is 53.4 Å². The molecule has 0 spiro atoms. The molecule has 7 heteroatoms. The number of hydrogen-bond donors (Lipinski definition) is 0. The van der Waals surface area contributed by atoms with Crippen LogP contribution < -0.4 is 4.90 Å². The molecule has 1 fully saturated rings. The summed E-state index contributed by atoms with van der Waals surface area (Å²) in [5.74, 6) is 0.448. The lowest BCUT2D eigenvalue weighted by molar-refractivity contribution is 0.103. The molecule has 0 radical (unpaired) electrons. The lowest BCUT2D eigenvalue weighted by Gasteiger charge is -2.25. The Labute approximate surface area is 142 Å². The zero-order chi connectivity index (χ0) is 16.4. The van der Waals surface area contributed by atoms with E-state index >= 15 is 0 Å². The molecule has 3 aromatic rings. The maximum atomic E-state index is 12.9. The Balaban J connectivity index is 1.76. The number of hydrogen-bond acceptors (Lipinski definition) is 7. The number of carbonyl (C=O) groups is 1. The number of ether oxygens (including phenoxy) is 1. The van der Waals surface area contributed by atoms with Gasteiger partial charge < -0.3 is 14.1 Å². The number of ketones is 1. The minimum atomic E-state index is -0.140. The van der Waals surface area contributed by atoms with Gasteiger partial charge in [0.1, 0.15) is 16.3 Å². The van der Waals surface area contributed by atoms with Gasteiger partial charge in [-0.1, -0.05) is 17.4 Å². The van der Waals surface area contributed by atoms with Crippen LogP contribution in [0, 0.1) is 0 Å². The largest absolute Gasteiger partial charge is 0.463 e. The van der Waals surface area contributed by atoms with E-state index in [2.05, 4.69) is 14.9 Å². The van der Waals surface area contributed by atoms with E-state index in [1.54, 1.807) is 36.7 Å². The summed E-state index contributed by atoms with van der Waals surface area (Å²) in [5, 5.41) is 0.809. The van der Waals surface area contributed by atoms with Crippen molar-refractivity contribution in [3.63, 3.8) is 0 Å². The monoisotopic (exact) mass is 341 g/mol. The van der Waals surface area contributed by atoms with Gasteiger partial charge >= 0.3 is 0 Å². The number of pyridine rings is 1. The summed E-state index contributed by atoms with van der Waals surface area (Å²) in [6.45, 7) is 2.86. The summed E-state index contributed by atoms with van der Waals surface area (Å²) in [5.41, 5.74) is 0.977. The SMILES string of the molecule is O=C(c1ccccn1)c1sc(N2CCOCC2)nc1-c1ccco1. The summed E-state index contributed by atoms with van der Waals surface area (Å²) in [6, 6.07) is 8.90. The van der Waals surface area contributed by atoms with Gasteiger partial charge in [-0.3, -0.25) is 9.78 Å². The van der Waals surface area contributed by atoms with Crippen molar-refractivity contribution in [2.45, 2.75) is 0 Å². The van der Waals surface area contributed by atoms with Crippen LogP contribution in [0.15, 0.2) is 47.2 Å². The Hall–Kier alpha value is -2.51. The second kappa shape index (κ2) is 6.54. The van der Waals surface area contributed by atoms with Crippen LogP contribution in [0.1, 0.15) is 15.4 Å². The number of nitrogens with zero attached hydrogens (tertiary/aromatic N) is 3. The molecule has 3 aromatic heterocycles. The van der Waals surface area contributed by atoms with Crippen molar-refractivity contribution in [3.8, 4) is 11.5 Å². The van der Waals surface area contributed by atoms with E-state index in [9.17, 15) is 4.79 Å². The summed E-state index contributed by atoms with van der Waals surface area (Å²) in [6.07, 6.45) is 3.20. The molecule has 24 heavy (non-hydrogen) atoms. The minimum Gasteiger partial charge on any atom is -0.463 e. The van der Waals surface area contributed by atoms with E-state index in [4.69, 9.17) is 9.15 Å². The molecular weight excluding hydrogens is 326 g/mol. The number of morpholine rings is 1. The van der Waals surface area contributed by atoms with Crippen LogP contribution in [0.4, 0.5) is 5.13 Å². The molecule has 0 bridgehead atoms. The Bertz CT molecular complexity index is 824. The Morgan fingerprint density at radius 2 is 2.04 bits per heavy atom. The third kappa shape index (κ3) is 2.83. The molecule has 0 atom stereocenters. The molecule has 4 rings (SSSR count). The molecule has 1 saturated heterocycles. The van der Waals surface area contributed by atoms with Crippen molar-refractivity contribution in [2.24, 2.45) is 0 Å². The summed E-state index contributed by atoms with van der Waals surface area (Å²) < 4.78 is 10.9. The van der Waals surface area contributed by atoms with Crippen molar-refractivity contribution in [1.82, 2.24) is 9.97 Å². The van der Waals surface area contributed by atoms with E-state index in [-0.39, 0.29) is 5.78 Å². The molecule has 1 aliphatic rings. The number of thiazole rings is 1. The van der Waals surface area contributed by atoms with E-state index < -0.39 is 0 Å². The molecule has 4 heterocycles. The van der Waals surface area contributed by atoms with Crippen LogP contribution in [0.25, 0.3) is 11.5 Å². The first kappa shape index (κ1) is 15.0. The van der Waals surface area contributed by atoms with Gasteiger partial charge in [0.05, 0.1) is 19.5 Å². The molecule has 0 amide bonds. The molecule has 0 aliphatic carbocycles. The fourth-order valence-corrected chi connectivity index (χ4v) is 3.62. The minimum absolute atomic E-state index is 0.140. The van der Waals surface area contributed by atoms with Crippen LogP contribution in [0.5, 0.6) is 0 Å². The first-order chi connectivity index (χ1) is 11.8. The predicted molar refractivity (Wildman–Crippen MR) is 90.5 cm³/mol. The quantitative estimate of drug-likeness (QED) is 0.680. The first-order valence-electron chi connectivity index (χ1n) is 7.66. The zero-order valence-corrected chi connectivity index (χ0v) is 13.7. The van der Waals surface area contributed by atoms with Gasteiger partial charge in [-0.25, -0.2) is 4.98 Å². The van der Waals surface area contributed by atoms with Crippen molar-refractivity contribution in [1.29, 1.82) is 0 Å². The average molecular weight is 341 g/mol. The fourth-order valence-electron chi connectivity index (χ4n) is 2.55. The number of rotatable bonds is 4. The van der Waals surface area contributed by atoms with Crippen LogP contribution in [0.2, 0.25) is 0 Å². The number of anilines is 1. The number of carbonyl (C=O) groups excluding carboxylic acids is 1. The first-order valence-corrected chi connectivity index (χ1v) is 8.48. The second-order valence-electron chi connectivity index (χ2n) is 5.29. The molecule has 0 N–H and O–H groups in total. The van der Waals surface area contributed by atoms with Gasteiger partial charge in [-0.05, 0) is 24.3 Å². The molecule has 6 nitrogen and oxygen atoms in total. The van der Waals surface area contributed by atoms with E-state index in [0.717, 1.165) is 18.2 Å². The van der Waals surface area contributed by atoms with Gasteiger partial charge in [0.25, 0.3) is 0 Å². The molecule has 1 aliphatic heterocycles. The highest BCUT2D eigenvalue weighted by molar-refractivity contribution is 7.18. The second-order valence-corrected chi connectivity index (χ2v) is 6.27. The lowest BCUT2D eigenvalue weighted by atomic mass is 10.1. The molecule has 0 saturated carbocycles. The average Bonchev–Trinajstić information content (AvgIpc) is 3.32. The van der Waals surface area contributed by atoms with Gasteiger partial charge in [0.2, 0.25) is 5.78 Å². The van der Waals surface area contributed by atoms with Gasteiger partial charge in [0, 0.05) is 19.3 Å². The third-order valence-electron chi connectivity index (χ3n) is 3.76. The maximum Gasteiger partial charge on any atom is 0.223 e. The smallest absolute Gasteiger partial charge is 0.223 e. The highest BCUT2D eigenvalue weighted by atomic mass is 32.1. The predicted octanol–water partition coefficient (Wildman–Crippen LogP) is 2.87. The van der Waals surface area contributed by atoms with E-state index in [1.165, 1.54) is 11.3 Å². The van der Waals surface area contributed by atoms with E-state index in [1.807, 2.05) is 6.07 Å². The molecule has 122 valence electrons. The normalized spacial score (nSPS) is 14.8. The fraction of sp³-hybridized carbons (Fsp3) is 0.235. The van der Waals surface area contributed by atoms with Crippen LogP contribution >= 0.6 is 11.3 Å². The summed E-state index contributed by atoms with van der Waals surface area (Å²) >= 11 is 1.38. The maximum absolute atomic E-state index is 12.9. The van der Waals surface area contributed by atoms with Crippen LogP contribution in [0.3, 0.4) is 0 Å². The van der Waals surface area contributed by atoms with Gasteiger partial charge in [-0.15, -0.1) is 0 Å². The topological polar surface area (TPSA) is 68.5 Å². The Morgan fingerprint density at radius 3 is 2.75 bits per heavy atom. The van der Waals surface area contributed by atoms with Crippen LogP contribution in [-0.2, 0) is 4.74 Å². The highest BCUT2D eigenvalue weighted by Gasteiger charge is 2.25. The van der Waals surface area contributed by atoms with Crippen molar-refractivity contribution in [2.75, 3.05) is 31.2 Å². The van der Waals surface area contributed by atoms with Gasteiger partial charge in [0.15, 0.2) is 10.9 Å². The Morgan fingerprint density at radius 1 is 1.17 bits per heavy atom. The highest BCUT2D eigenvalue weighted by Crippen LogP contribution is 2.35. The molecule has 0 unspecified atom stereocenters. The Kier molecular flexibility index (Phi) is 4.10. The lowest BCUT2D eigenvalue weighted by Crippen LogP contribution is -2.36. The molecule has 0 aromatic carbocycles. The van der Waals surface area contributed by atoms with Crippen molar-refractivity contribution < 1.29 is 13.9 Å². The van der Waals surface area contributed by atoms with Crippen LogP contribution in [-0.4, -0.2) is 42.1 Å². The number of aromatic nitrogens is 2. The zero-order valence-electron chi connectivity index (χ0n) is 12.8. The summed E-state index contributed by atoms with van der Waals surface area (Å²) in [7, 11) is 0. The number of furan rings is 1. The van der Waals surface area contributed by atoms with Crippen molar-refractivity contribution >= 4 is 22.3 Å². The molecular formula is C17H15N3O3S. The van der Waals surface area contributed by atoms with E-state index in [0.29, 0.717) is 35.2 Å². The van der Waals surface area contributed by atoms with Gasteiger partial charge in [-0.2, -0.15) is 0 Å². The summed E-state index contributed by atoms with van der Waals surface area (Å²) in [4.78, 5) is 24.4. The standard InChI is InChI=1S/C17H15N3O3S/c21-15(12-4-1-2-6-18-12)16-14(13-5-3-9-23-13)19-17(24-16)20-7-10-22-11-8-20/h1-6,9H,7-8,10-11H2. The third-order valence-corrected chi connectivity index (χ3v) is 4.87.